The zero-order valence-corrected chi connectivity index (χ0v) is 14.5. The monoisotopic (exact) mass is 335 g/mol. The molecule has 0 saturated heterocycles. The third kappa shape index (κ3) is 2.53. The number of furan rings is 1. The zero-order chi connectivity index (χ0) is 17.5. The molecule has 2 fully saturated rings. The average molecular weight is 335 g/mol. The van der Waals surface area contributed by atoms with Gasteiger partial charge in [-0.25, -0.2) is 0 Å². The Hall–Kier alpha value is -1.82. The van der Waals surface area contributed by atoms with Gasteiger partial charge in [0.2, 0.25) is 0 Å². The summed E-state index contributed by atoms with van der Waals surface area (Å²) >= 11 is 0. The van der Waals surface area contributed by atoms with Gasteiger partial charge in [0.05, 0.1) is 17.9 Å². The van der Waals surface area contributed by atoms with Gasteiger partial charge in [-0.3, -0.25) is 9.59 Å². The molecule has 1 N–H and O–H groups in total. The molecule has 0 radical (unpaired) electrons. The number of aryl methyl sites for hydroxylation is 1. The number of carboxylic acid groups (broad SMARTS) is 1. The molecule has 132 valence electrons. The zero-order valence-electron chi connectivity index (χ0n) is 14.5. The van der Waals surface area contributed by atoms with Crippen molar-refractivity contribution in [3.8, 4) is 0 Å². The Balaban J connectivity index is 1.79. The number of carboxylic acids is 1. The second-order valence-electron chi connectivity index (χ2n) is 6.99. The van der Waals surface area contributed by atoms with E-state index in [9.17, 15) is 9.59 Å². The van der Waals surface area contributed by atoms with Crippen molar-refractivity contribution in [3.63, 3.8) is 0 Å². The highest BCUT2D eigenvalue weighted by molar-refractivity contribution is 5.97. The molecule has 0 bridgehead atoms. The van der Waals surface area contributed by atoms with Crippen LogP contribution in [0.1, 0.15) is 54.3 Å². The second-order valence-corrected chi connectivity index (χ2v) is 6.99. The van der Waals surface area contributed by atoms with Gasteiger partial charge >= 0.3 is 5.97 Å². The third-order valence-electron chi connectivity index (χ3n) is 5.76. The van der Waals surface area contributed by atoms with Crippen molar-refractivity contribution in [2.75, 3.05) is 13.7 Å². The normalized spacial score (nSPS) is 24.3. The summed E-state index contributed by atoms with van der Waals surface area (Å²) in [6.07, 6.45) is 5.62. The van der Waals surface area contributed by atoms with E-state index in [2.05, 4.69) is 0 Å². The van der Waals surface area contributed by atoms with E-state index < -0.39 is 5.97 Å². The maximum atomic E-state index is 13.0. The first kappa shape index (κ1) is 17.0. The van der Waals surface area contributed by atoms with Crippen molar-refractivity contribution in [3.05, 3.63) is 23.2 Å². The van der Waals surface area contributed by atoms with Crippen LogP contribution >= 0.6 is 0 Å². The lowest BCUT2D eigenvalue weighted by Gasteiger charge is -2.63. The Labute approximate surface area is 141 Å². The van der Waals surface area contributed by atoms with Gasteiger partial charge in [-0.2, -0.15) is 0 Å². The molecule has 1 aromatic heterocycles. The fraction of sp³-hybridized carbons (Fsp3) is 0.667. The average Bonchev–Trinajstić information content (AvgIpc) is 2.80. The van der Waals surface area contributed by atoms with Crippen LogP contribution in [0.5, 0.6) is 0 Å². The van der Waals surface area contributed by atoms with Gasteiger partial charge < -0.3 is 19.2 Å². The molecule has 2 aliphatic carbocycles. The van der Waals surface area contributed by atoms with Gasteiger partial charge in [0.15, 0.2) is 0 Å². The van der Waals surface area contributed by atoms with Crippen molar-refractivity contribution >= 4 is 11.9 Å². The highest BCUT2D eigenvalue weighted by Gasteiger charge is 2.61. The highest BCUT2D eigenvalue weighted by atomic mass is 16.5. The molecule has 6 nitrogen and oxygen atoms in total. The van der Waals surface area contributed by atoms with Crippen LogP contribution in [0.2, 0.25) is 0 Å². The lowest BCUT2D eigenvalue weighted by atomic mass is 9.50. The van der Waals surface area contributed by atoms with Gasteiger partial charge in [0, 0.05) is 30.7 Å². The number of aliphatic carboxylic acids is 1. The van der Waals surface area contributed by atoms with Crippen LogP contribution in [-0.4, -0.2) is 47.7 Å². The molecule has 0 aromatic carbocycles. The molecule has 2 atom stereocenters. The third-order valence-corrected chi connectivity index (χ3v) is 5.76. The first-order valence-corrected chi connectivity index (χ1v) is 8.58. The number of hydrogen-bond acceptors (Lipinski definition) is 4. The molecule has 1 heterocycles. The fourth-order valence-electron chi connectivity index (χ4n) is 4.32. The van der Waals surface area contributed by atoms with Crippen LogP contribution in [0.4, 0.5) is 0 Å². The number of ether oxygens (including phenoxy) is 1. The Morgan fingerprint density at radius 2 is 2.17 bits per heavy atom. The first-order valence-electron chi connectivity index (χ1n) is 8.58. The van der Waals surface area contributed by atoms with E-state index >= 15 is 0 Å². The van der Waals surface area contributed by atoms with Crippen LogP contribution in [0.25, 0.3) is 0 Å². The topological polar surface area (TPSA) is 80.0 Å². The lowest BCUT2D eigenvalue weighted by Crippen LogP contribution is -2.67. The van der Waals surface area contributed by atoms with Crippen LogP contribution in [0.3, 0.4) is 0 Å². The Bertz CT molecular complexity index is 646. The molecule has 0 aliphatic heterocycles. The summed E-state index contributed by atoms with van der Waals surface area (Å²) in [5.74, 6) is -0.916. The Kier molecular flexibility index (Phi) is 4.42. The largest absolute Gasteiger partial charge is 0.481 e. The minimum Gasteiger partial charge on any atom is -0.481 e. The van der Waals surface area contributed by atoms with Crippen LogP contribution in [0, 0.1) is 12.3 Å². The van der Waals surface area contributed by atoms with E-state index in [0.29, 0.717) is 17.7 Å². The Morgan fingerprint density at radius 3 is 2.71 bits per heavy atom. The number of hydrogen-bond donors (Lipinski definition) is 1. The molecule has 24 heavy (non-hydrogen) atoms. The predicted molar refractivity (Wildman–Crippen MR) is 87.0 cm³/mol. The van der Waals surface area contributed by atoms with E-state index in [1.165, 1.54) is 12.7 Å². The predicted octanol–water partition coefficient (Wildman–Crippen LogP) is 2.63. The van der Waals surface area contributed by atoms with E-state index in [-0.39, 0.29) is 35.6 Å². The number of carbonyl (C=O) groups excluding carboxylic acids is 1. The van der Waals surface area contributed by atoms with Crippen molar-refractivity contribution in [2.24, 2.45) is 5.41 Å². The second kappa shape index (κ2) is 6.24. The molecule has 2 aliphatic rings. The summed E-state index contributed by atoms with van der Waals surface area (Å²) in [4.78, 5) is 25.8. The van der Waals surface area contributed by atoms with Gasteiger partial charge in [-0.15, -0.1) is 0 Å². The number of rotatable bonds is 6. The summed E-state index contributed by atoms with van der Waals surface area (Å²) < 4.78 is 11.2. The van der Waals surface area contributed by atoms with Crippen LogP contribution in [-0.2, 0) is 16.0 Å². The smallest absolute Gasteiger partial charge is 0.311 e. The fourth-order valence-corrected chi connectivity index (χ4v) is 4.32. The summed E-state index contributed by atoms with van der Waals surface area (Å²) in [5, 5.41) is 9.01. The van der Waals surface area contributed by atoms with Crippen molar-refractivity contribution < 1.29 is 23.8 Å². The summed E-state index contributed by atoms with van der Waals surface area (Å²) in [5.41, 5.74) is 1.17. The first-order chi connectivity index (χ1) is 11.4. The molecule has 1 spiro atoms. The minimum absolute atomic E-state index is 0.0883. The molecule has 2 saturated carbocycles. The molecule has 6 heteroatoms. The molecule has 1 amide bonds. The molecular weight excluding hydrogens is 310 g/mol. The van der Waals surface area contributed by atoms with Gasteiger partial charge in [0.25, 0.3) is 5.91 Å². The number of carbonyl (C=O) groups is 2. The van der Waals surface area contributed by atoms with E-state index in [1.54, 1.807) is 11.8 Å². The molecule has 1 aromatic rings. The van der Waals surface area contributed by atoms with Gasteiger partial charge in [-0.1, -0.05) is 6.42 Å². The SMILES string of the molecule is CCOC1CC(N(C)C(=O)c2c(C)coc2CC(=O)O)C12CCC2. The maximum absolute atomic E-state index is 13.0. The molecule has 3 rings (SSSR count). The summed E-state index contributed by atoms with van der Waals surface area (Å²) in [7, 11) is 1.81. The maximum Gasteiger partial charge on any atom is 0.311 e. The van der Waals surface area contributed by atoms with Crippen molar-refractivity contribution in [2.45, 2.75) is 58.1 Å². The van der Waals surface area contributed by atoms with Gasteiger partial charge in [-0.05, 0) is 33.1 Å². The lowest BCUT2D eigenvalue weighted by molar-refractivity contribution is -0.192. The number of nitrogens with zero attached hydrogens (tertiary/aromatic N) is 1. The molecule has 2 unspecified atom stereocenters. The van der Waals surface area contributed by atoms with Gasteiger partial charge in [0.1, 0.15) is 12.2 Å². The van der Waals surface area contributed by atoms with Crippen molar-refractivity contribution in [1.29, 1.82) is 0 Å². The number of amides is 1. The minimum atomic E-state index is -1.00. The highest BCUT2D eigenvalue weighted by Crippen LogP contribution is 2.59. The summed E-state index contributed by atoms with van der Waals surface area (Å²) in [6, 6.07) is 0.155. The van der Waals surface area contributed by atoms with Crippen LogP contribution in [0.15, 0.2) is 10.7 Å². The quantitative estimate of drug-likeness (QED) is 0.864. The van der Waals surface area contributed by atoms with E-state index in [1.807, 2.05) is 14.0 Å². The van der Waals surface area contributed by atoms with E-state index in [0.717, 1.165) is 19.3 Å². The van der Waals surface area contributed by atoms with Crippen LogP contribution < -0.4 is 0 Å². The Morgan fingerprint density at radius 1 is 1.46 bits per heavy atom. The standard InChI is InChI=1S/C18H25NO5/c1-4-23-14-9-13(18(14)6-5-7-18)19(3)17(22)16-11(2)10-24-12(16)8-15(20)21/h10,13-14H,4-9H2,1-3H3,(H,20,21). The van der Waals surface area contributed by atoms with Crippen molar-refractivity contribution in [1.82, 2.24) is 4.90 Å². The molecular formula is C18H25NO5. The summed E-state index contributed by atoms with van der Waals surface area (Å²) in [6.45, 7) is 4.47. The van der Waals surface area contributed by atoms with E-state index in [4.69, 9.17) is 14.3 Å².